The molecule has 4 aromatic rings. The monoisotopic (exact) mass is 393 g/mol. The van der Waals surface area contributed by atoms with E-state index in [1.54, 1.807) is 0 Å². The van der Waals surface area contributed by atoms with Crippen LogP contribution in [0.3, 0.4) is 0 Å². The van der Waals surface area contributed by atoms with Crippen LogP contribution in [0.1, 0.15) is 29.0 Å². The molecule has 148 valence electrons. The van der Waals surface area contributed by atoms with Gasteiger partial charge in [-0.25, -0.2) is 4.98 Å². The number of imidazole rings is 1. The minimum absolute atomic E-state index is 0.119. The Hall–Kier alpha value is -3.66. The first-order valence-corrected chi connectivity index (χ1v) is 10.4. The first-order chi connectivity index (χ1) is 14.8. The van der Waals surface area contributed by atoms with Crippen molar-refractivity contribution < 1.29 is 4.79 Å². The SMILES string of the molecule is O=C(Nc1ccccc1-c1cn2c(n1)CCCC2)c1ccc(-c2ccccc2)cc1. The Kier molecular flexibility index (Phi) is 4.89. The third-order valence-corrected chi connectivity index (χ3v) is 5.61. The summed E-state index contributed by atoms with van der Waals surface area (Å²) in [6.07, 6.45) is 5.50. The highest BCUT2D eigenvalue weighted by molar-refractivity contribution is 6.06. The summed E-state index contributed by atoms with van der Waals surface area (Å²) in [5.41, 5.74) is 5.52. The third-order valence-electron chi connectivity index (χ3n) is 5.61. The zero-order valence-corrected chi connectivity index (χ0v) is 16.7. The van der Waals surface area contributed by atoms with Crippen molar-refractivity contribution in [3.05, 3.63) is 96.4 Å². The van der Waals surface area contributed by atoms with Crippen LogP contribution in [0.2, 0.25) is 0 Å². The lowest BCUT2D eigenvalue weighted by atomic mass is 10.0. The van der Waals surface area contributed by atoms with Gasteiger partial charge in [0.05, 0.1) is 11.4 Å². The Morgan fingerprint density at radius 3 is 2.37 bits per heavy atom. The smallest absolute Gasteiger partial charge is 0.255 e. The Morgan fingerprint density at radius 2 is 1.57 bits per heavy atom. The summed E-state index contributed by atoms with van der Waals surface area (Å²) in [5, 5.41) is 3.08. The number of fused-ring (bicyclic) bond motifs is 1. The van der Waals surface area contributed by atoms with Crippen molar-refractivity contribution in [3.8, 4) is 22.4 Å². The van der Waals surface area contributed by atoms with Gasteiger partial charge in [0, 0.05) is 30.3 Å². The summed E-state index contributed by atoms with van der Waals surface area (Å²) in [6.45, 7) is 1.02. The molecule has 0 unspecified atom stereocenters. The Balaban J connectivity index is 1.38. The highest BCUT2D eigenvalue weighted by atomic mass is 16.1. The highest BCUT2D eigenvalue weighted by Gasteiger charge is 2.16. The molecule has 2 heterocycles. The van der Waals surface area contributed by atoms with Crippen LogP contribution in [0.4, 0.5) is 5.69 Å². The zero-order chi connectivity index (χ0) is 20.3. The fourth-order valence-electron chi connectivity index (χ4n) is 4.00. The minimum atomic E-state index is -0.119. The summed E-state index contributed by atoms with van der Waals surface area (Å²) in [5.74, 6) is 1.01. The van der Waals surface area contributed by atoms with Gasteiger partial charge in [-0.1, -0.05) is 60.7 Å². The maximum absolute atomic E-state index is 12.9. The molecule has 4 nitrogen and oxygen atoms in total. The molecule has 3 aromatic carbocycles. The maximum Gasteiger partial charge on any atom is 0.255 e. The molecule has 0 saturated heterocycles. The van der Waals surface area contributed by atoms with Crippen molar-refractivity contribution in [2.24, 2.45) is 0 Å². The zero-order valence-electron chi connectivity index (χ0n) is 16.7. The number of nitrogens with zero attached hydrogens (tertiary/aromatic N) is 2. The molecule has 0 bridgehead atoms. The number of carbonyl (C=O) groups is 1. The van der Waals surface area contributed by atoms with Gasteiger partial charge >= 0.3 is 0 Å². The molecule has 1 aliphatic rings. The van der Waals surface area contributed by atoms with Crippen molar-refractivity contribution in [3.63, 3.8) is 0 Å². The van der Waals surface area contributed by atoms with Gasteiger partial charge in [-0.2, -0.15) is 0 Å². The lowest BCUT2D eigenvalue weighted by molar-refractivity contribution is 0.102. The van der Waals surface area contributed by atoms with Gasteiger partial charge in [0.15, 0.2) is 0 Å². The number of nitrogens with one attached hydrogen (secondary N) is 1. The lowest BCUT2D eigenvalue weighted by Gasteiger charge is -2.11. The van der Waals surface area contributed by atoms with Crippen LogP contribution in [0.5, 0.6) is 0 Å². The normalized spacial score (nSPS) is 12.9. The Labute approximate surface area is 176 Å². The molecule has 1 N–H and O–H groups in total. The van der Waals surface area contributed by atoms with E-state index in [2.05, 4.69) is 28.2 Å². The van der Waals surface area contributed by atoms with E-state index in [1.807, 2.05) is 66.7 Å². The van der Waals surface area contributed by atoms with Crippen LogP contribution in [-0.2, 0) is 13.0 Å². The quantitative estimate of drug-likeness (QED) is 0.476. The second-order valence-corrected chi connectivity index (χ2v) is 7.64. The standard InChI is InChI=1S/C26H23N3O/c30-26(21-15-13-20(14-16-21)19-8-2-1-3-9-19)28-23-11-5-4-10-22(23)24-18-29-17-7-6-12-25(29)27-24/h1-5,8-11,13-16,18H,6-7,12,17H2,(H,28,30). The summed E-state index contributed by atoms with van der Waals surface area (Å²) < 4.78 is 2.24. The maximum atomic E-state index is 12.9. The second kappa shape index (κ2) is 7.99. The van der Waals surface area contributed by atoms with Crippen molar-refractivity contribution >= 4 is 11.6 Å². The van der Waals surface area contributed by atoms with Crippen LogP contribution in [0.15, 0.2) is 85.1 Å². The number of carbonyl (C=O) groups excluding carboxylic acids is 1. The van der Waals surface area contributed by atoms with E-state index in [0.29, 0.717) is 5.56 Å². The van der Waals surface area contributed by atoms with Gasteiger partial charge in [-0.3, -0.25) is 4.79 Å². The van der Waals surface area contributed by atoms with Gasteiger partial charge in [0.25, 0.3) is 5.91 Å². The van der Waals surface area contributed by atoms with Gasteiger partial charge in [0.2, 0.25) is 0 Å². The Morgan fingerprint density at radius 1 is 0.833 bits per heavy atom. The van der Waals surface area contributed by atoms with E-state index in [-0.39, 0.29) is 5.91 Å². The summed E-state index contributed by atoms with van der Waals surface area (Å²) in [4.78, 5) is 17.7. The molecular weight excluding hydrogens is 370 g/mol. The summed E-state index contributed by atoms with van der Waals surface area (Å²) in [6, 6.07) is 25.7. The van der Waals surface area contributed by atoms with E-state index >= 15 is 0 Å². The number of anilines is 1. The number of rotatable bonds is 4. The fraction of sp³-hybridized carbons (Fsp3) is 0.154. The number of aryl methyl sites for hydroxylation is 2. The van der Waals surface area contributed by atoms with Crippen LogP contribution in [-0.4, -0.2) is 15.5 Å². The first kappa shape index (κ1) is 18.4. The number of amides is 1. The molecule has 0 fully saturated rings. The summed E-state index contributed by atoms with van der Waals surface area (Å²) in [7, 11) is 0. The van der Waals surface area contributed by atoms with E-state index < -0.39 is 0 Å². The summed E-state index contributed by atoms with van der Waals surface area (Å²) >= 11 is 0. The van der Waals surface area contributed by atoms with E-state index in [0.717, 1.165) is 46.9 Å². The van der Waals surface area contributed by atoms with E-state index in [4.69, 9.17) is 4.98 Å². The van der Waals surface area contributed by atoms with Crippen LogP contribution < -0.4 is 5.32 Å². The topological polar surface area (TPSA) is 46.9 Å². The molecule has 1 aromatic heterocycles. The molecule has 30 heavy (non-hydrogen) atoms. The predicted octanol–water partition coefficient (Wildman–Crippen LogP) is 5.81. The molecule has 0 spiro atoms. The molecular formula is C26H23N3O. The molecule has 0 aliphatic carbocycles. The van der Waals surface area contributed by atoms with E-state index in [1.165, 1.54) is 12.8 Å². The minimum Gasteiger partial charge on any atom is -0.334 e. The van der Waals surface area contributed by atoms with Crippen molar-refractivity contribution in [1.82, 2.24) is 9.55 Å². The second-order valence-electron chi connectivity index (χ2n) is 7.64. The van der Waals surface area contributed by atoms with Crippen LogP contribution >= 0.6 is 0 Å². The van der Waals surface area contributed by atoms with Gasteiger partial charge in [-0.15, -0.1) is 0 Å². The number of para-hydroxylation sites is 1. The van der Waals surface area contributed by atoms with Gasteiger partial charge in [0.1, 0.15) is 5.82 Å². The average molecular weight is 393 g/mol. The first-order valence-electron chi connectivity index (χ1n) is 10.4. The van der Waals surface area contributed by atoms with E-state index in [9.17, 15) is 4.79 Å². The van der Waals surface area contributed by atoms with Crippen molar-refractivity contribution in [2.45, 2.75) is 25.8 Å². The average Bonchev–Trinajstić information content (AvgIpc) is 3.24. The molecule has 0 atom stereocenters. The number of aromatic nitrogens is 2. The largest absolute Gasteiger partial charge is 0.334 e. The molecule has 4 heteroatoms. The number of benzene rings is 3. The molecule has 0 radical (unpaired) electrons. The predicted molar refractivity (Wildman–Crippen MR) is 120 cm³/mol. The van der Waals surface area contributed by atoms with Crippen LogP contribution in [0, 0.1) is 0 Å². The van der Waals surface area contributed by atoms with Crippen LogP contribution in [0.25, 0.3) is 22.4 Å². The van der Waals surface area contributed by atoms with Crippen molar-refractivity contribution in [1.29, 1.82) is 0 Å². The molecule has 1 aliphatic heterocycles. The van der Waals surface area contributed by atoms with Gasteiger partial charge < -0.3 is 9.88 Å². The molecule has 1 amide bonds. The third kappa shape index (κ3) is 3.64. The highest BCUT2D eigenvalue weighted by Crippen LogP contribution is 2.29. The molecule has 0 saturated carbocycles. The Bertz CT molecular complexity index is 1150. The number of hydrogen-bond acceptors (Lipinski definition) is 2. The number of hydrogen-bond donors (Lipinski definition) is 1. The van der Waals surface area contributed by atoms with Crippen molar-refractivity contribution in [2.75, 3.05) is 5.32 Å². The van der Waals surface area contributed by atoms with Gasteiger partial charge in [-0.05, 0) is 42.2 Å². The lowest BCUT2D eigenvalue weighted by Crippen LogP contribution is -2.12. The fourth-order valence-corrected chi connectivity index (χ4v) is 4.00. The molecule has 5 rings (SSSR count).